The molecule has 0 aliphatic carbocycles. The maximum atomic E-state index is 11.2. The molecule has 1 aromatic carbocycles. The molecule has 0 N–H and O–H groups in total. The third-order valence-electron chi connectivity index (χ3n) is 2.45. The van der Waals surface area contributed by atoms with Crippen LogP contribution in [-0.2, 0) is 10.2 Å². The summed E-state index contributed by atoms with van der Waals surface area (Å²) in [5.74, 6) is 0.167. The summed E-state index contributed by atoms with van der Waals surface area (Å²) in [6.07, 6.45) is 0.126. The summed E-state index contributed by atoms with van der Waals surface area (Å²) in [4.78, 5) is 11.2. The maximum absolute atomic E-state index is 11.2. The second-order valence-corrected chi connectivity index (χ2v) is 3.59. The summed E-state index contributed by atoms with van der Waals surface area (Å²) in [5, 5.41) is 9.06. The van der Waals surface area contributed by atoms with Crippen molar-refractivity contribution in [3.63, 3.8) is 0 Å². The first-order valence-corrected chi connectivity index (χ1v) is 4.37. The third kappa shape index (κ3) is 1.16. The van der Waals surface area contributed by atoms with Crippen molar-refractivity contribution in [1.82, 2.24) is 0 Å². The van der Waals surface area contributed by atoms with E-state index in [9.17, 15) is 4.79 Å². The molecule has 3 nitrogen and oxygen atoms in total. The lowest BCUT2D eigenvalue weighted by Gasteiger charge is -2.27. The van der Waals surface area contributed by atoms with Crippen LogP contribution in [0.4, 0.5) is 0 Å². The van der Waals surface area contributed by atoms with Gasteiger partial charge in [0.25, 0.3) is 0 Å². The lowest BCUT2D eigenvalue weighted by molar-refractivity contribution is -0.136. The molecule has 70 valence electrons. The lowest BCUT2D eigenvalue weighted by atomic mass is 9.79. The largest absolute Gasteiger partial charge is 0.426 e. The van der Waals surface area contributed by atoms with Crippen LogP contribution in [0.1, 0.15) is 18.9 Å². The Bertz CT molecular complexity index is 433. The molecule has 1 aliphatic heterocycles. The Morgan fingerprint density at radius 1 is 1.50 bits per heavy atom. The van der Waals surface area contributed by atoms with Crippen LogP contribution in [-0.4, -0.2) is 5.97 Å². The zero-order chi connectivity index (χ0) is 10.2. The standard InChI is InChI=1S/C11H9NO2/c1-11(7-12)6-10(13)14-9-5-3-2-4-8(9)11/h2-5H,6H2,1H3. The molecular weight excluding hydrogens is 178 g/mol. The first-order chi connectivity index (χ1) is 6.65. The van der Waals surface area contributed by atoms with Crippen LogP contribution in [0.15, 0.2) is 24.3 Å². The van der Waals surface area contributed by atoms with Crippen LogP contribution in [0.3, 0.4) is 0 Å². The zero-order valence-corrected chi connectivity index (χ0v) is 7.78. The van der Waals surface area contributed by atoms with Crippen LogP contribution in [0.5, 0.6) is 5.75 Å². The van der Waals surface area contributed by atoms with E-state index < -0.39 is 5.41 Å². The minimum atomic E-state index is -0.744. The van der Waals surface area contributed by atoms with Crippen LogP contribution in [0.2, 0.25) is 0 Å². The van der Waals surface area contributed by atoms with Gasteiger partial charge in [-0.1, -0.05) is 18.2 Å². The number of carbonyl (C=O) groups excluding carboxylic acids is 1. The molecule has 2 rings (SSSR count). The summed E-state index contributed by atoms with van der Waals surface area (Å²) < 4.78 is 5.04. The van der Waals surface area contributed by atoms with Crippen LogP contribution >= 0.6 is 0 Å². The number of rotatable bonds is 0. The first kappa shape index (κ1) is 8.76. The van der Waals surface area contributed by atoms with Crippen molar-refractivity contribution in [3.05, 3.63) is 29.8 Å². The highest BCUT2D eigenvalue weighted by Crippen LogP contribution is 2.38. The van der Waals surface area contributed by atoms with E-state index in [2.05, 4.69) is 6.07 Å². The first-order valence-electron chi connectivity index (χ1n) is 4.37. The number of fused-ring (bicyclic) bond motifs is 1. The van der Waals surface area contributed by atoms with Crippen molar-refractivity contribution in [3.8, 4) is 11.8 Å². The summed E-state index contributed by atoms with van der Waals surface area (Å²) >= 11 is 0. The van der Waals surface area contributed by atoms with Gasteiger partial charge in [0.05, 0.1) is 17.9 Å². The SMILES string of the molecule is CC1(C#N)CC(=O)Oc2ccccc21. The summed E-state index contributed by atoms with van der Waals surface area (Å²) in [5.41, 5.74) is 0.0495. The molecular formula is C11H9NO2. The molecule has 0 aromatic heterocycles. The van der Waals surface area contributed by atoms with E-state index in [4.69, 9.17) is 10.00 Å². The van der Waals surface area contributed by atoms with Crippen molar-refractivity contribution in [2.45, 2.75) is 18.8 Å². The number of nitrogens with zero attached hydrogens (tertiary/aromatic N) is 1. The van der Waals surface area contributed by atoms with Gasteiger partial charge in [-0.25, -0.2) is 0 Å². The Labute approximate surface area is 81.9 Å². The van der Waals surface area contributed by atoms with Gasteiger partial charge in [-0.3, -0.25) is 4.79 Å². The van der Waals surface area contributed by atoms with E-state index in [1.165, 1.54) is 0 Å². The van der Waals surface area contributed by atoms with Crippen molar-refractivity contribution < 1.29 is 9.53 Å². The van der Waals surface area contributed by atoms with Gasteiger partial charge < -0.3 is 4.74 Å². The van der Waals surface area contributed by atoms with Crippen LogP contribution in [0, 0.1) is 11.3 Å². The predicted octanol–water partition coefficient (Wildman–Crippen LogP) is 1.78. The normalized spacial score (nSPS) is 24.7. The Morgan fingerprint density at radius 2 is 2.21 bits per heavy atom. The average Bonchev–Trinajstić information content (AvgIpc) is 2.17. The molecule has 0 saturated heterocycles. The number of benzene rings is 1. The van der Waals surface area contributed by atoms with Gasteiger partial charge in [0, 0.05) is 5.56 Å². The number of carbonyl (C=O) groups is 1. The fourth-order valence-electron chi connectivity index (χ4n) is 1.65. The van der Waals surface area contributed by atoms with Crippen molar-refractivity contribution in [1.29, 1.82) is 5.26 Å². The topological polar surface area (TPSA) is 50.1 Å². The second-order valence-electron chi connectivity index (χ2n) is 3.59. The lowest BCUT2D eigenvalue weighted by Crippen LogP contribution is -2.31. The van der Waals surface area contributed by atoms with E-state index >= 15 is 0 Å². The molecule has 3 heteroatoms. The van der Waals surface area contributed by atoms with Gasteiger partial charge in [0.15, 0.2) is 0 Å². The number of hydrogen-bond donors (Lipinski definition) is 0. The molecule has 0 fully saturated rings. The van der Waals surface area contributed by atoms with Crippen molar-refractivity contribution in [2.75, 3.05) is 0 Å². The molecule has 0 saturated carbocycles. The molecule has 1 atom stereocenters. The molecule has 0 bridgehead atoms. The summed E-state index contributed by atoms with van der Waals surface area (Å²) in [6, 6.07) is 9.33. The molecule has 0 spiro atoms. The molecule has 1 aliphatic rings. The molecule has 1 aromatic rings. The quantitative estimate of drug-likeness (QED) is 0.459. The molecule has 14 heavy (non-hydrogen) atoms. The van der Waals surface area contributed by atoms with E-state index in [0.717, 1.165) is 5.56 Å². The van der Waals surface area contributed by atoms with Gasteiger partial charge in [0.1, 0.15) is 5.75 Å². The average molecular weight is 187 g/mol. The van der Waals surface area contributed by atoms with Gasteiger partial charge >= 0.3 is 5.97 Å². The van der Waals surface area contributed by atoms with E-state index in [1.807, 2.05) is 12.1 Å². The Hall–Kier alpha value is -1.82. The number of nitriles is 1. The molecule has 0 amide bonds. The minimum absolute atomic E-state index is 0.126. The monoisotopic (exact) mass is 187 g/mol. The second kappa shape index (κ2) is 2.85. The number of ether oxygens (including phenoxy) is 1. The summed E-state index contributed by atoms with van der Waals surface area (Å²) in [7, 11) is 0. The smallest absolute Gasteiger partial charge is 0.313 e. The van der Waals surface area contributed by atoms with E-state index in [-0.39, 0.29) is 12.4 Å². The number of hydrogen-bond acceptors (Lipinski definition) is 3. The number of para-hydroxylation sites is 1. The van der Waals surface area contributed by atoms with E-state index in [0.29, 0.717) is 5.75 Å². The van der Waals surface area contributed by atoms with Crippen LogP contribution in [0.25, 0.3) is 0 Å². The Kier molecular flexibility index (Phi) is 1.78. The third-order valence-corrected chi connectivity index (χ3v) is 2.45. The fourth-order valence-corrected chi connectivity index (χ4v) is 1.65. The molecule has 1 unspecified atom stereocenters. The van der Waals surface area contributed by atoms with E-state index in [1.54, 1.807) is 19.1 Å². The maximum Gasteiger partial charge on any atom is 0.313 e. The fraction of sp³-hybridized carbons (Fsp3) is 0.273. The van der Waals surface area contributed by atoms with Gasteiger partial charge in [0.2, 0.25) is 0 Å². The van der Waals surface area contributed by atoms with Crippen molar-refractivity contribution >= 4 is 5.97 Å². The number of esters is 1. The molecule has 1 heterocycles. The van der Waals surface area contributed by atoms with Gasteiger partial charge in [-0.05, 0) is 13.0 Å². The highest BCUT2D eigenvalue weighted by atomic mass is 16.5. The molecule has 0 radical (unpaired) electrons. The Balaban J connectivity index is 2.61. The predicted molar refractivity (Wildman–Crippen MR) is 49.7 cm³/mol. The zero-order valence-electron chi connectivity index (χ0n) is 7.78. The minimum Gasteiger partial charge on any atom is -0.426 e. The highest BCUT2D eigenvalue weighted by Gasteiger charge is 2.37. The Morgan fingerprint density at radius 3 is 2.93 bits per heavy atom. The van der Waals surface area contributed by atoms with Gasteiger partial charge in [-0.2, -0.15) is 5.26 Å². The van der Waals surface area contributed by atoms with Crippen LogP contribution < -0.4 is 4.74 Å². The van der Waals surface area contributed by atoms with Gasteiger partial charge in [-0.15, -0.1) is 0 Å². The van der Waals surface area contributed by atoms with Crippen molar-refractivity contribution in [2.24, 2.45) is 0 Å². The highest BCUT2D eigenvalue weighted by molar-refractivity contribution is 5.78. The summed E-state index contributed by atoms with van der Waals surface area (Å²) in [6.45, 7) is 1.76.